The van der Waals surface area contributed by atoms with Crippen LogP contribution >= 0.6 is 11.6 Å². The first-order valence-electron chi connectivity index (χ1n) is 2.92. The highest BCUT2D eigenvalue weighted by molar-refractivity contribution is 6.29. The van der Waals surface area contributed by atoms with Crippen molar-refractivity contribution in [2.24, 2.45) is 0 Å². The Bertz CT molecular complexity index is 350. The molecule has 0 saturated carbocycles. The predicted octanol–water partition coefficient (Wildman–Crippen LogP) is 1.67. The van der Waals surface area contributed by atoms with Crippen LogP contribution in [0.25, 0.3) is 0 Å². The molecule has 0 spiro atoms. The minimum atomic E-state index is -3.01. The van der Waals surface area contributed by atoms with Gasteiger partial charge < -0.3 is 10.1 Å². The van der Waals surface area contributed by atoms with E-state index in [1.165, 1.54) is 0 Å². The first-order chi connectivity index (χ1) is 5.52. The number of hydrogen-bond donors (Lipinski definition) is 2. The number of rotatable bonds is 1. The van der Waals surface area contributed by atoms with E-state index in [2.05, 4.69) is 0 Å². The number of alkyl halides is 2. The molecule has 2 N–H and O–H groups in total. The topological polar surface area (TPSA) is 53.1 Å². The molecule has 1 rings (SSSR count). The average molecular weight is 196 g/mol. The van der Waals surface area contributed by atoms with Crippen LogP contribution in [0.2, 0.25) is 5.15 Å². The number of H-pyrrole nitrogens is 1. The molecule has 0 aromatic carbocycles. The average Bonchev–Trinajstić information content (AvgIpc) is 1.82. The fraction of sp³-hybridized carbons (Fsp3) is 0.167. The summed E-state index contributed by atoms with van der Waals surface area (Å²) in [4.78, 5) is 12.7. The first-order valence-corrected chi connectivity index (χ1v) is 3.30. The van der Waals surface area contributed by atoms with Crippen LogP contribution < -0.4 is 5.56 Å². The quantitative estimate of drug-likeness (QED) is 0.670. The highest BCUT2D eigenvalue weighted by Gasteiger charge is 2.17. The summed E-state index contributed by atoms with van der Waals surface area (Å²) in [6.07, 6.45) is -3.01. The van der Waals surface area contributed by atoms with Crippen LogP contribution in [0.5, 0.6) is 5.75 Å². The standard InChI is InChI=1S/C6H4ClF2NO2/c7-3-1-2(11)4(5(8)9)6(12)10-3/h1,5H,(H2,10,11,12). The summed E-state index contributed by atoms with van der Waals surface area (Å²) < 4.78 is 24.0. The van der Waals surface area contributed by atoms with E-state index in [1.54, 1.807) is 0 Å². The van der Waals surface area contributed by atoms with Crippen molar-refractivity contribution in [3.63, 3.8) is 0 Å². The van der Waals surface area contributed by atoms with Gasteiger partial charge in [-0.15, -0.1) is 0 Å². The van der Waals surface area contributed by atoms with Gasteiger partial charge in [-0.3, -0.25) is 4.79 Å². The Morgan fingerprint density at radius 3 is 2.58 bits per heavy atom. The Hall–Kier alpha value is -1.10. The zero-order valence-corrected chi connectivity index (χ0v) is 6.40. The van der Waals surface area contributed by atoms with Crippen molar-refractivity contribution in [2.45, 2.75) is 6.43 Å². The molecule has 0 aliphatic rings. The molecular formula is C6H4ClF2NO2. The molecule has 0 aliphatic heterocycles. The highest BCUT2D eigenvalue weighted by Crippen LogP contribution is 2.25. The lowest BCUT2D eigenvalue weighted by molar-refractivity contribution is 0.145. The van der Waals surface area contributed by atoms with Gasteiger partial charge in [-0.25, -0.2) is 8.78 Å². The molecule has 0 saturated heterocycles. The molecule has 0 atom stereocenters. The van der Waals surface area contributed by atoms with Gasteiger partial charge in [0.25, 0.3) is 12.0 Å². The molecule has 0 fully saturated rings. The second kappa shape index (κ2) is 3.10. The zero-order chi connectivity index (χ0) is 9.30. The Morgan fingerprint density at radius 2 is 2.17 bits per heavy atom. The molecule has 6 heteroatoms. The Balaban J connectivity index is 3.39. The number of aromatic amines is 1. The van der Waals surface area contributed by atoms with Crippen molar-refractivity contribution in [3.8, 4) is 5.75 Å². The number of aromatic hydroxyl groups is 1. The molecule has 0 unspecified atom stereocenters. The van der Waals surface area contributed by atoms with Crippen LogP contribution in [0.4, 0.5) is 8.78 Å². The van der Waals surface area contributed by atoms with Crippen LogP contribution in [0.1, 0.15) is 12.0 Å². The largest absolute Gasteiger partial charge is 0.507 e. The maximum atomic E-state index is 12.0. The van der Waals surface area contributed by atoms with Crippen molar-refractivity contribution in [3.05, 3.63) is 27.1 Å². The van der Waals surface area contributed by atoms with Crippen molar-refractivity contribution < 1.29 is 13.9 Å². The maximum Gasteiger partial charge on any atom is 0.272 e. The lowest BCUT2D eigenvalue weighted by Gasteiger charge is -2.01. The predicted molar refractivity (Wildman–Crippen MR) is 38.7 cm³/mol. The number of halogens is 3. The third-order valence-electron chi connectivity index (χ3n) is 1.24. The second-order valence-corrected chi connectivity index (χ2v) is 2.45. The Labute approximate surface area is 70.6 Å². The molecule has 0 aliphatic carbocycles. The fourth-order valence-electron chi connectivity index (χ4n) is 0.737. The van der Waals surface area contributed by atoms with E-state index in [9.17, 15) is 13.6 Å². The number of pyridine rings is 1. The fourth-order valence-corrected chi connectivity index (χ4v) is 0.926. The summed E-state index contributed by atoms with van der Waals surface area (Å²) >= 11 is 5.27. The number of hydrogen-bond acceptors (Lipinski definition) is 2. The lowest BCUT2D eigenvalue weighted by atomic mass is 10.2. The molecular weight excluding hydrogens is 192 g/mol. The summed E-state index contributed by atoms with van der Waals surface area (Å²) in [5.74, 6) is -0.793. The minimum absolute atomic E-state index is 0.179. The summed E-state index contributed by atoms with van der Waals surface area (Å²) in [5.41, 5.74) is -2.03. The SMILES string of the molecule is O=c1[nH]c(Cl)cc(O)c1C(F)F. The third kappa shape index (κ3) is 1.55. The van der Waals surface area contributed by atoms with Crippen LogP contribution in [-0.2, 0) is 0 Å². The van der Waals surface area contributed by atoms with Crippen molar-refractivity contribution in [1.29, 1.82) is 0 Å². The van der Waals surface area contributed by atoms with E-state index in [0.717, 1.165) is 6.07 Å². The molecule has 0 bridgehead atoms. The summed E-state index contributed by atoms with van der Waals surface area (Å²) in [7, 11) is 0. The summed E-state index contributed by atoms with van der Waals surface area (Å²) in [6.45, 7) is 0. The smallest absolute Gasteiger partial charge is 0.272 e. The monoisotopic (exact) mass is 195 g/mol. The zero-order valence-electron chi connectivity index (χ0n) is 5.64. The van der Waals surface area contributed by atoms with Crippen molar-refractivity contribution >= 4 is 11.6 Å². The van der Waals surface area contributed by atoms with Crippen molar-refractivity contribution in [1.82, 2.24) is 4.98 Å². The molecule has 0 radical (unpaired) electrons. The van der Waals surface area contributed by atoms with Gasteiger partial charge in [0.05, 0.1) is 0 Å². The van der Waals surface area contributed by atoms with Gasteiger partial charge in [0.15, 0.2) is 0 Å². The minimum Gasteiger partial charge on any atom is -0.507 e. The molecule has 1 heterocycles. The molecule has 3 nitrogen and oxygen atoms in total. The van der Waals surface area contributed by atoms with Gasteiger partial charge in [-0.05, 0) is 0 Å². The van der Waals surface area contributed by atoms with Gasteiger partial charge >= 0.3 is 0 Å². The van der Waals surface area contributed by atoms with Gasteiger partial charge in [-0.1, -0.05) is 11.6 Å². The molecule has 0 amide bonds. The van der Waals surface area contributed by atoms with Crippen molar-refractivity contribution in [2.75, 3.05) is 0 Å². The van der Waals surface area contributed by atoms with E-state index in [0.29, 0.717) is 0 Å². The van der Waals surface area contributed by atoms with E-state index in [4.69, 9.17) is 16.7 Å². The highest BCUT2D eigenvalue weighted by atomic mass is 35.5. The molecule has 12 heavy (non-hydrogen) atoms. The first kappa shape index (κ1) is 8.99. The van der Waals surface area contributed by atoms with Crippen LogP contribution in [-0.4, -0.2) is 10.1 Å². The van der Waals surface area contributed by atoms with Gasteiger partial charge in [0.2, 0.25) is 0 Å². The second-order valence-electron chi connectivity index (χ2n) is 2.05. The van der Waals surface area contributed by atoms with Gasteiger partial charge in [0.1, 0.15) is 16.5 Å². The lowest BCUT2D eigenvalue weighted by Crippen LogP contribution is -2.12. The van der Waals surface area contributed by atoms with Crippen LogP contribution in [0.3, 0.4) is 0 Å². The van der Waals surface area contributed by atoms with Gasteiger partial charge in [-0.2, -0.15) is 0 Å². The van der Waals surface area contributed by atoms with Crippen LogP contribution in [0, 0.1) is 0 Å². The Kier molecular flexibility index (Phi) is 2.32. The number of aromatic nitrogens is 1. The number of nitrogens with one attached hydrogen (secondary N) is 1. The normalized spacial score (nSPS) is 10.7. The summed E-state index contributed by atoms with van der Waals surface area (Å²) in [6, 6.07) is 0.852. The summed E-state index contributed by atoms with van der Waals surface area (Å²) in [5, 5.41) is 8.68. The third-order valence-corrected chi connectivity index (χ3v) is 1.44. The maximum absolute atomic E-state index is 12.0. The van der Waals surface area contributed by atoms with E-state index >= 15 is 0 Å². The molecule has 1 aromatic heterocycles. The molecule has 1 aromatic rings. The van der Waals surface area contributed by atoms with Gasteiger partial charge in [0, 0.05) is 6.07 Å². The molecule has 66 valence electrons. The van der Waals surface area contributed by atoms with E-state index < -0.39 is 23.3 Å². The van der Waals surface area contributed by atoms with Crippen LogP contribution in [0.15, 0.2) is 10.9 Å². The van der Waals surface area contributed by atoms with E-state index in [-0.39, 0.29) is 5.15 Å². The van der Waals surface area contributed by atoms with E-state index in [1.807, 2.05) is 4.98 Å². The Morgan fingerprint density at radius 1 is 1.58 bits per heavy atom.